The van der Waals surface area contributed by atoms with Crippen molar-refractivity contribution in [2.75, 3.05) is 12.3 Å². The molecule has 94 valence electrons. The topological polar surface area (TPSA) is 72.2 Å². The van der Waals surface area contributed by atoms with Gasteiger partial charge >= 0.3 is 0 Å². The van der Waals surface area contributed by atoms with E-state index >= 15 is 0 Å². The van der Waals surface area contributed by atoms with E-state index in [9.17, 15) is 8.42 Å². The Bertz CT molecular complexity index is 537. The van der Waals surface area contributed by atoms with Crippen LogP contribution in [0.1, 0.15) is 0 Å². The Labute approximate surface area is 122 Å². The zero-order valence-corrected chi connectivity index (χ0v) is 13.2. The molecule has 17 heavy (non-hydrogen) atoms. The Morgan fingerprint density at radius 1 is 1.41 bits per heavy atom. The van der Waals surface area contributed by atoms with Crippen molar-refractivity contribution in [2.45, 2.75) is 4.90 Å². The van der Waals surface area contributed by atoms with E-state index in [1.54, 1.807) is 0 Å². The Kier molecular flexibility index (Phi) is 5.03. The van der Waals surface area contributed by atoms with Gasteiger partial charge in [0.25, 0.3) is 0 Å². The van der Waals surface area contributed by atoms with Crippen molar-refractivity contribution in [1.82, 2.24) is 4.72 Å². The average Bonchev–Trinajstić information content (AvgIpc) is 2.12. The molecule has 0 saturated heterocycles. The van der Waals surface area contributed by atoms with Gasteiger partial charge in [-0.2, -0.15) is 0 Å². The normalized spacial score (nSPS) is 11.5. The van der Waals surface area contributed by atoms with Crippen molar-refractivity contribution >= 4 is 59.2 Å². The second-order valence-corrected chi connectivity index (χ2v) is 7.10. The van der Waals surface area contributed by atoms with Crippen LogP contribution in [0.15, 0.2) is 37.6 Å². The van der Waals surface area contributed by atoms with E-state index in [0.29, 0.717) is 14.6 Å². The molecule has 0 atom stereocenters. The van der Waals surface area contributed by atoms with Crippen LogP contribution in [0.2, 0.25) is 0 Å². The minimum atomic E-state index is -3.68. The highest BCUT2D eigenvalue weighted by Gasteiger charge is 2.21. The van der Waals surface area contributed by atoms with Gasteiger partial charge in [-0.1, -0.05) is 18.2 Å². The van der Waals surface area contributed by atoms with Crippen LogP contribution < -0.4 is 10.5 Å². The smallest absolute Gasteiger partial charge is 0.243 e. The first-order valence-corrected chi connectivity index (χ1v) is 7.76. The van der Waals surface area contributed by atoms with Crippen LogP contribution in [0.3, 0.4) is 0 Å². The van der Waals surface area contributed by atoms with Gasteiger partial charge in [0, 0.05) is 26.2 Å². The number of halogens is 3. The molecule has 4 nitrogen and oxygen atoms in total. The summed E-state index contributed by atoms with van der Waals surface area (Å²) < 4.78 is 27.0. The molecule has 0 amide bonds. The highest BCUT2D eigenvalue weighted by molar-refractivity contribution is 9.11. The largest absolute Gasteiger partial charge is 0.399 e. The Morgan fingerprint density at radius 3 is 2.29 bits per heavy atom. The molecule has 0 aliphatic rings. The highest BCUT2D eigenvalue weighted by Crippen LogP contribution is 2.32. The molecule has 0 aliphatic heterocycles. The number of benzene rings is 1. The minimum Gasteiger partial charge on any atom is -0.399 e. The number of nitrogens with one attached hydrogen (secondary N) is 1. The third-order valence-corrected chi connectivity index (χ3v) is 5.15. The average molecular weight is 405 g/mol. The van der Waals surface area contributed by atoms with Crippen molar-refractivity contribution in [3.63, 3.8) is 0 Å². The summed E-state index contributed by atoms with van der Waals surface area (Å²) in [6.45, 7) is 3.37. The SMILES string of the molecule is C=C(Cl)CNS(=O)(=O)c1c(Br)cc(N)cc1Br. The summed E-state index contributed by atoms with van der Waals surface area (Å²) in [5.74, 6) is 0. The van der Waals surface area contributed by atoms with Crippen molar-refractivity contribution in [1.29, 1.82) is 0 Å². The number of rotatable bonds is 4. The number of nitrogen functional groups attached to an aromatic ring is 1. The van der Waals surface area contributed by atoms with Crippen molar-refractivity contribution in [3.05, 3.63) is 32.7 Å². The number of anilines is 1. The molecule has 8 heteroatoms. The summed E-state index contributed by atoms with van der Waals surface area (Å²) in [6, 6.07) is 3.02. The highest BCUT2D eigenvalue weighted by atomic mass is 79.9. The third-order valence-electron chi connectivity index (χ3n) is 1.74. The molecule has 0 spiro atoms. The first kappa shape index (κ1) is 15.0. The fourth-order valence-corrected chi connectivity index (χ4v) is 4.87. The molecule has 0 fully saturated rings. The monoisotopic (exact) mass is 402 g/mol. The van der Waals surface area contributed by atoms with E-state index in [1.165, 1.54) is 12.1 Å². The van der Waals surface area contributed by atoms with Crippen molar-refractivity contribution < 1.29 is 8.42 Å². The molecule has 0 bridgehead atoms. The Balaban J connectivity index is 3.20. The zero-order valence-electron chi connectivity index (χ0n) is 8.50. The molecular formula is C9H9Br2ClN2O2S. The molecule has 1 aromatic carbocycles. The van der Waals surface area contributed by atoms with Crippen molar-refractivity contribution in [3.8, 4) is 0 Å². The fraction of sp³-hybridized carbons (Fsp3) is 0.111. The van der Waals surface area contributed by atoms with Gasteiger partial charge in [0.15, 0.2) is 0 Å². The maximum absolute atomic E-state index is 12.0. The lowest BCUT2D eigenvalue weighted by molar-refractivity contribution is 0.584. The van der Waals surface area contributed by atoms with Crippen LogP contribution in [0, 0.1) is 0 Å². The van der Waals surface area contributed by atoms with Gasteiger partial charge in [-0.3, -0.25) is 0 Å². The molecular weight excluding hydrogens is 395 g/mol. The molecule has 0 unspecified atom stereocenters. The van der Waals surface area contributed by atoms with Gasteiger partial charge in [0.05, 0.1) is 0 Å². The van der Waals surface area contributed by atoms with Crippen LogP contribution in [-0.2, 0) is 10.0 Å². The predicted octanol–water partition coefficient (Wildman–Crippen LogP) is 2.82. The number of hydrogen-bond donors (Lipinski definition) is 2. The standard InChI is InChI=1S/C9H9Br2ClN2O2S/c1-5(12)4-14-17(15,16)9-7(10)2-6(13)3-8(9)11/h2-3,14H,1,4,13H2. The Morgan fingerprint density at radius 2 is 1.88 bits per heavy atom. The summed E-state index contributed by atoms with van der Waals surface area (Å²) in [4.78, 5) is 0.0737. The van der Waals surface area contributed by atoms with Crippen LogP contribution >= 0.6 is 43.5 Å². The van der Waals surface area contributed by atoms with Crippen LogP contribution in [0.5, 0.6) is 0 Å². The maximum atomic E-state index is 12.0. The number of sulfonamides is 1. The van der Waals surface area contributed by atoms with Gasteiger partial charge in [-0.05, 0) is 44.0 Å². The lowest BCUT2D eigenvalue weighted by Gasteiger charge is -2.10. The lowest BCUT2D eigenvalue weighted by atomic mass is 10.3. The Hall–Kier alpha value is -0.0800. The van der Waals surface area contributed by atoms with Gasteiger partial charge in [-0.15, -0.1) is 0 Å². The summed E-state index contributed by atoms with van der Waals surface area (Å²) >= 11 is 11.8. The van der Waals surface area contributed by atoms with Crippen LogP contribution in [0.25, 0.3) is 0 Å². The second-order valence-electron chi connectivity index (χ2n) is 3.16. The minimum absolute atomic E-state index is 0.0346. The third kappa shape index (κ3) is 3.96. The first-order valence-electron chi connectivity index (χ1n) is 4.31. The zero-order chi connectivity index (χ0) is 13.2. The quantitative estimate of drug-likeness (QED) is 0.758. The van der Waals surface area contributed by atoms with Gasteiger partial charge in [0.2, 0.25) is 10.0 Å². The molecule has 0 saturated carbocycles. The van der Waals surface area contributed by atoms with Gasteiger partial charge < -0.3 is 5.73 Å². The summed E-state index contributed by atoms with van der Waals surface area (Å²) in [6.07, 6.45) is 0. The molecule has 0 aliphatic carbocycles. The van der Waals surface area contributed by atoms with Crippen LogP contribution in [0.4, 0.5) is 5.69 Å². The maximum Gasteiger partial charge on any atom is 0.243 e. The summed E-state index contributed by atoms with van der Waals surface area (Å²) in [5.41, 5.74) is 6.03. The van der Waals surface area contributed by atoms with E-state index in [1.807, 2.05) is 0 Å². The predicted molar refractivity (Wildman–Crippen MR) is 76.4 cm³/mol. The van der Waals surface area contributed by atoms with Crippen LogP contribution in [-0.4, -0.2) is 15.0 Å². The van der Waals surface area contributed by atoms with E-state index in [2.05, 4.69) is 43.2 Å². The summed E-state index contributed by atoms with van der Waals surface area (Å²) in [7, 11) is -3.68. The van der Waals surface area contributed by atoms with E-state index in [4.69, 9.17) is 17.3 Å². The molecule has 0 aromatic heterocycles. The fourth-order valence-electron chi connectivity index (χ4n) is 1.08. The van der Waals surface area contributed by atoms with E-state index in [0.717, 1.165) is 0 Å². The van der Waals surface area contributed by atoms with E-state index < -0.39 is 10.0 Å². The van der Waals surface area contributed by atoms with Gasteiger partial charge in [-0.25, -0.2) is 13.1 Å². The molecule has 0 heterocycles. The number of hydrogen-bond acceptors (Lipinski definition) is 3. The molecule has 1 rings (SSSR count). The molecule has 0 radical (unpaired) electrons. The first-order chi connectivity index (χ1) is 7.74. The van der Waals surface area contributed by atoms with Crippen molar-refractivity contribution in [2.24, 2.45) is 0 Å². The molecule has 1 aromatic rings. The number of nitrogens with two attached hydrogens (primary N) is 1. The molecule has 3 N–H and O–H groups in total. The second kappa shape index (κ2) is 5.71. The summed E-state index contributed by atoms with van der Waals surface area (Å²) in [5, 5.41) is 0.205. The van der Waals surface area contributed by atoms with Gasteiger partial charge in [0.1, 0.15) is 4.90 Å². The van der Waals surface area contributed by atoms with E-state index in [-0.39, 0.29) is 16.5 Å². The lowest BCUT2D eigenvalue weighted by Crippen LogP contribution is -2.25.